The average Bonchev–Trinajstić information content (AvgIpc) is 3.40. The number of hydrogen-bond acceptors (Lipinski definition) is 7. The van der Waals surface area contributed by atoms with Gasteiger partial charge in [-0.1, -0.05) is 17.3 Å². The van der Waals surface area contributed by atoms with Gasteiger partial charge in [-0.15, -0.1) is 11.3 Å². The molecular weight excluding hydrogens is 423 g/mol. The van der Waals surface area contributed by atoms with Gasteiger partial charge in [0.1, 0.15) is 0 Å². The van der Waals surface area contributed by atoms with Gasteiger partial charge in [0.25, 0.3) is 0 Å². The topological polar surface area (TPSA) is 86.5 Å². The number of methoxy groups -OCH3 is 2. The lowest BCUT2D eigenvalue weighted by Crippen LogP contribution is -2.38. The van der Waals surface area contributed by atoms with Crippen molar-refractivity contribution in [3.63, 3.8) is 0 Å². The molecule has 7 nitrogen and oxygen atoms in total. The minimum Gasteiger partial charge on any atom is -0.493 e. The molecule has 0 aliphatic heterocycles. The summed E-state index contributed by atoms with van der Waals surface area (Å²) in [5, 5.41) is 7.68. The molecule has 160 valence electrons. The van der Waals surface area contributed by atoms with E-state index in [1.54, 1.807) is 0 Å². The number of aryl methyl sites for hydroxylation is 1. The molecule has 1 aromatic carbocycles. The van der Waals surface area contributed by atoms with Gasteiger partial charge in [0.05, 0.1) is 19.1 Å². The molecule has 3 aromatic rings. The third-order valence-electron chi connectivity index (χ3n) is 4.15. The number of rotatable bonds is 8. The summed E-state index contributed by atoms with van der Waals surface area (Å²) in [6.07, 6.45) is -4.93. The van der Waals surface area contributed by atoms with Gasteiger partial charge in [-0.05, 0) is 29.1 Å². The second kappa shape index (κ2) is 9.16. The van der Waals surface area contributed by atoms with Crippen LogP contribution in [0.25, 0.3) is 10.7 Å². The maximum Gasteiger partial charge on any atom is 0.412 e. The van der Waals surface area contributed by atoms with Crippen LogP contribution < -0.4 is 14.8 Å². The maximum atomic E-state index is 13.6. The molecule has 3 rings (SSSR count). The highest BCUT2D eigenvalue weighted by atomic mass is 32.1. The van der Waals surface area contributed by atoms with Crippen molar-refractivity contribution in [2.45, 2.75) is 25.1 Å². The zero-order chi connectivity index (χ0) is 21.7. The number of thiophene rings is 1. The first-order chi connectivity index (χ1) is 14.3. The lowest BCUT2D eigenvalue weighted by Gasteiger charge is -2.23. The number of alkyl halides is 3. The third-order valence-corrected chi connectivity index (χ3v) is 5.01. The van der Waals surface area contributed by atoms with E-state index in [0.29, 0.717) is 5.82 Å². The summed E-state index contributed by atoms with van der Waals surface area (Å²) in [5.74, 6) is 0.155. The molecule has 2 heterocycles. The van der Waals surface area contributed by atoms with Crippen LogP contribution in [0.1, 0.15) is 23.9 Å². The Labute approximate surface area is 173 Å². The number of nitrogens with zero attached hydrogens (tertiary/aromatic N) is 2. The van der Waals surface area contributed by atoms with Crippen molar-refractivity contribution in [3.8, 4) is 22.2 Å². The fourth-order valence-corrected chi connectivity index (χ4v) is 3.35. The van der Waals surface area contributed by atoms with Crippen molar-refractivity contribution < 1.29 is 32.0 Å². The number of amides is 1. The quantitative estimate of drug-likeness (QED) is 0.565. The van der Waals surface area contributed by atoms with Gasteiger partial charge in [0.15, 0.2) is 17.5 Å². The smallest absolute Gasteiger partial charge is 0.412 e. The van der Waals surface area contributed by atoms with Gasteiger partial charge < -0.3 is 19.3 Å². The maximum absolute atomic E-state index is 13.6. The van der Waals surface area contributed by atoms with E-state index in [-0.39, 0.29) is 35.8 Å². The third kappa shape index (κ3) is 5.09. The Morgan fingerprint density at radius 2 is 2.00 bits per heavy atom. The molecule has 30 heavy (non-hydrogen) atoms. The molecule has 0 radical (unpaired) electrons. The van der Waals surface area contributed by atoms with Crippen molar-refractivity contribution in [2.24, 2.45) is 0 Å². The fraction of sp³-hybridized carbons (Fsp3) is 0.316. The van der Waals surface area contributed by atoms with Gasteiger partial charge in [0, 0.05) is 12.8 Å². The van der Waals surface area contributed by atoms with E-state index in [1.807, 2.05) is 22.8 Å². The highest BCUT2D eigenvalue weighted by Gasteiger charge is 2.42. The van der Waals surface area contributed by atoms with Crippen molar-refractivity contribution in [2.75, 3.05) is 14.2 Å². The molecular formula is C19H18F3N3O4S. The largest absolute Gasteiger partial charge is 0.493 e. The molecule has 1 N–H and O–H groups in total. The van der Waals surface area contributed by atoms with E-state index in [0.717, 1.165) is 4.88 Å². The number of carbonyl (C=O) groups is 1. The monoisotopic (exact) mass is 441 g/mol. The summed E-state index contributed by atoms with van der Waals surface area (Å²) in [4.78, 5) is 17.1. The van der Waals surface area contributed by atoms with Gasteiger partial charge in [-0.3, -0.25) is 4.79 Å². The second-order valence-corrected chi connectivity index (χ2v) is 7.09. The highest BCUT2D eigenvalue weighted by Crippen LogP contribution is 2.37. The van der Waals surface area contributed by atoms with Crippen LogP contribution >= 0.6 is 11.3 Å². The summed E-state index contributed by atoms with van der Waals surface area (Å²) in [7, 11) is 2.69. The lowest BCUT2D eigenvalue weighted by molar-refractivity contribution is -0.163. The normalized spacial score (nSPS) is 12.4. The first kappa shape index (κ1) is 21.6. The fourth-order valence-electron chi connectivity index (χ4n) is 2.70. The second-order valence-electron chi connectivity index (χ2n) is 6.15. The van der Waals surface area contributed by atoms with Crippen LogP contribution in [0.5, 0.6) is 11.5 Å². The van der Waals surface area contributed by atoms with Crippen LogP contribution in [0.4, 0.5) is 13.2 Å². The minimum absolute atomic E-state index is 0.0146. The van der Waals surface area contributed by atoms with Gasteiger partial charge >= 0.3 is 6.18 Å². The van der Waals surface area contributed by atoms with E-state index in [9.17, 15) is 18.0 Å². The van der Waals surface area contributed by atoms with Gasteiger partial charge in [0.2, 0.25) is 17.6 Å². The molecule has 0 saturated carbocycles. The summed E-state index contributed by atoms with van der Waals surface area (Å²) in [6, 6.07) is 5.20. The predicted molar refractivity (Wildman–Crippen MR) is 102 cm³/mol. The Bertz CT molecular complexity index is 989. The van der Waals surface area contributed by atoms with Crippen LogP contribution in [0.2, 0.25) is 0 Å². The van der Waals surface area contributed by atoms with Crippen molar-refractivity contribution in [1.29, 1.82) is 0 Å². The Hall–Kier alpha value is -3.08. The van der Waals surface area contributed by atoms with E-state index < -0.39 is 18.1 Å². The van der Waals surface area contributed by atoms with Gasteiger partial charge in [-0.2, -0.15) is 18.2 Å². The number of aromatic nitrogens is 2. The van der Waals surface area contributed by atoms with Crippen molar-refractivity contribution in [1.82, 2.24) is 15.5 Å². The van der Waals surface area contributed by atoms with Crippen molar-refractivity contribution >= 4 is 17.2 Å². The molecule has 0 unspecified atom stereocenters. The Balaban J connectivity index is 1.67. The summed E-state index contributed by atoms with van der Waals surface area (Å²) < 4.78 is 55.9. The number of ether oxygens (including phenoxy) is 2. The van der Waals surface area contributed by atoms with Crippen LogP contribution in [0, 0.1) is 0 Å². The molecule has 0 aliphatic carbocycles. The van der Waals surface area contributed by atoms with Crippen LogP contribution in [-0.4, -0.2) is 36.4 Å². The van der Waals surface area contributed by atoms with Crippen LogP contribution in [0.3, 0.4) is 0 Å². The molecule has 0 saturated heterocycles. The number of nitrogens with one attached hydrogen (secondary N) is 1. The summed E-state index contributed by atoms with van der Waals surface area (Å²) in [6.45, 7) is 0. The number of halogens is 3. The SMILES string of the molecule is COc1ccc([C@H](NC(=O)CCc2nc(-c3cccs3)no2)C(F)(F)F)cc1OC. The minimum atomic E-state index is -4.70. The van der Waals surface area contributed by atoms with E-state index in [1.165, 1.54) is 43.8 Å². The number of benzene rings is 1. The Morgan fingerprint density at radius 1 is 1.23 bits per heavy atom. The average molecular weight is 441 g/mol. The van der Waals surface area contributed by atoms with Crippen molar-refractivity contribution in [3.05, 3.63) is 47.2 Å². The molecule has 2 aromatic heterocycles. The zero-order valence-corrected chi connectivity index (χ0v) is 16.8. The molecule has 0 bridgehead atoms. The zero-order valence-electron chi connectivity index (χ0n) is 16.0. The Morgan fingerprint density at radius 3 is 2.63 bits per heavy atom. The summed E-state index contributed by atoms with van der Waals surface area (Å²) >= 11 is 1.42. The highest BCUT2D eigenvalue weighted by molar-refractivity contribution is 7.13. The molecule has 1 atom stereocenters. The van der Waals surface area contributed by atoms with Crippen LogP contribution in [0.15, 0.2) is 40.2 Å². The van der Waals surface area contributed by atoms with E-state index in [4.69, 9.17) is 14.0 Å². The first-order valence-electron chi connectivity index (χ1n) is 8.76. The molecule has 0 aliphatic rings. The molecule has 11 heteroatoms. The lowest BCUT2D eigenvalue weighted by atomic mass is 10.1. The standard InChI is InChI=1S/C19H18F3N3O4S/c1-27-12-6-5-11(10-13(12)28-2)17(19(20,21)22)23-15(26)7-8-16-24-18(25-29-16)14-4-3-9-30-14/h3-6,9-10,17H,7-8H2,1-2H3,(H,23,26)/t17-/m0/s1. The number of hydrogen-bond donors (Lipinski definition) is 1. The number of carbonyl (C=O) groups excluding carboxylic acids is 1. The predicted octanol–water partition coefficient (Wildman–Crippen LogP) is 4.17. The molecule has 1 amide bonds. The van der Waals surface area contributed by atoms with Gasteiger partial charge in [-0.25, -0.2) is 0 Å². The van der Waals surface area contributed by atoms with E-state index in [2.05, 4.69) is 10.1 Å². The molecule has 0 fully saturated rings. The first-order valence-corrected chi connectivity index (χ1v) is 9.64. The summed E-state index contributed by atoms with van der Waals surface area (Å²) in [5.41, 5.74) is -0.175. The molecule has 0 spiro atoms. The van der Waals surface area contributed by atoms with E-state index >= 15 is 0 Å². The Kier molecular flexibility index (Phi) is 6.60. The van der Waals surface area contributed by atoms with Crippen LogP contribution in [-0.2, 0) is 11.2 Å².